The van der Waals surface area contributed by atoms with Crippen LogP contribution in [0.25, 0.3) is 0 Å². The van der Waals surface area contributed by atoms with Crippen molar-refractivity contribution in [3.63, 3.8) is 0 Å². The van der Waals surface area contributed by atoms with Crippen LogP contribution >= 0.6 is 11.6 Å². The Morgan fingerprint density at radius 3 is 2.52 bits per heavy atom. The van der Waals surface area contributed by atoms with Gasteiger partial charge in [-0.3, -0.25) is 9.59 Å². The van der Waals surface area contributed by atoms with Crippen LogP contribution in [0.3, 0.4) is 0 Å². The predicted octanol–water partition coefficient (Wildman–Crippen LogP) is 2.86. The van der Waals surface area contributed by atoms with Crippen molar-refractivity contribution in [3.8, 4) is 0 Å². The summed E-state index contributed by atoms with van der Waals surface area (Å²) in [4.78, 5) is 37.1. The number of carbonyl (C=O) groups is 3. The summed E-state index contributed by atoms with van der Waals surface area (Å²) in [5, 5.41) is 9.25. The molecule has 1 aromatic carbocycles. The molecule has 2 fully saturated rings. The number of carboxylic acids is 1. The number of carbonyl (C=O) groups excluding carboxylic acids is 2. The molecule has 1 heterocycles. The van der Waals surface area contributed by atoms with E-state index < -0.39 is 11.4 Å². The van der Waals surface area contributed by atoms with Crippen molar-refractivity contribution in [2.45, 2.75) is 32.1 Å². The Bertz CT molecular complexity index is 649. The predicted molar refractivity (Wildman–Crippen MR) is 76.4 cm³/mol. The highest BCUT2D eigenvalue weighted by Gasteiger charge is 2.53. The zero-order chi connectivity index (χ0) is 15.2. The maximum absolute atomic E-state index is 12.7. The van der Waals surface area contributed by atoms with Gasteiger partial charge in [-0.05, 0) is 31.0 Å². The van der Waals surface area contributed by atoms with Crippen LogP contribution in [0, 0.1) is 5.41 Å². The van der Waals surface area contributed by atoms with Gasteiger partial charge >= 0.3 is 5.97 Å². The lowest BCUT2D eigenvalue weighted by atomic mass is 9.84. The summed E-state index contributed by atoms with van der Waals surface area (Å²) >= 11 is 6.07. The Hall–Kier alpha value is -1.88. The van der Waals surface area contributed by atoms with Gasteiger partial charge in [0.25, 0.3) is 0 Å². The Morgan fingerprint density at radius 1 is 1.24 bits per heavy atom. The van der Waals surface area contributed by atoms with E-state index >= 15 is 0 Å². The third-order valence-corrected chi connectivity index (χ3v) is 4.71. The van der Waals surface area contributed by atoms with Crippen molar-refractivity contribution in [1.82, 2.24) is 0 Å². The third kappa shape index (κ3) is 2.12. The van der Waals surface area contributed by atoms with Crippen LogP contribution in [0.15, 0.2) is 18.2 Å². The number of halogens is 1. The van der Waals surface area contributed by atoms with Crippen LogP contribution < -0.4 is 4.90 Å². The zero-order valence-corrected chi connectivity index (χ0v) is 12.0. The number of benzene rings is 1. The van der Waals surface area contributed by atoms with E-state index in [9.17, 15) is 14.4 Å². The van der Waals surface area contributed by atoms with E-state index in [0.29, 0.717) is 12.8 Å². The van der Waals surface area contributed by atoms with E-state index in [1.165, 1.54) is 18.2 Å². The molecule has 0 bridgehead atoms. The van der Waals surface area contributed by atoms with Crippen molar-refractivity contribution >= 4 is 35.1 Å². The molecule has 1 saturated carbocycles. The third-order valence-electron chi connectivity index (χ3n) is 4.39. The molecule has 1 spiro atoms. The van der Waals surface area contributed by atoms with Crippen LogP contribution in [0.1, 0.15) is 42.5 Å². The van der Waals surface area contributed by atoms with E-state index in [1.54, 1.807) is 0 Å². The minimum Gasteiger partial charge on any atom is -0.478 e. The number of nitrogens with zero attached hydrogens (tertiary/aromatic N) is 1. The van der Waals surface area contributed by atoms with Crippen LogP contribution in [0.5, 0.6) is 0 Å². The summed E-state index contributed by atoms with van der Waals surface area (Å²) in [5.74, 6) is -1.66. The molecule has 21 heavy (non-hydrogen) atoms. The van der Waals surface area contributed by atoms with E-state index in [-0.39, 0.29) is 34.5 Å². The first-order valence-electron chi connectivity index (χ1n) is 6.85. The largest absolute Gasteiger partial charge is 0.478 e. The average Bonchev–Trinajstić information content (AvgIpc) is 2.98. The normalized spacial score (nSPS) is 20.5. The molecule has 6 heteroatoms. The highest BCUT2D eigenvalue weighted by Crippen LogP contribution is 2.48. The Kier molecular flexibility index (Phi) is 3.24. The van der Waals surface area contributed by atoms with Gasteiger partial charge in [-0.25, -0.2) is 9.69 Å². The van der Waals surface area contributed by atoms with Crippen LogP contribution in [-0.2, 0) is 9.59 Å². The van der Waals surface area contributed by atoms with Crippen molar-refractivity contribution in [2.24, 2.45) is 5.41 Å². The first kappa shape index (κ1) is 14.1. The van der Waals surface area contributed by atoms with Gasteiger partial charge in [-0.1, -0.05) is 24.4 Å². The maximum Gasteiger partial charge on any atom is 0.335 e. The number of carboxylic acid groups (broad SMARTS) is 1. The number of rotatable bonds is 2. The second-order valence-corrected chi connectivity index (χ2v) is 6.08. The van der Waals surface area contributed by atoms with Gasteiger partial charge in [0.15, 0.2) is 0 Å². The van der Waals surface area contributed by atoms with Gasteiger partial charge < -0.3 is 5.11 Å². The molecule has 110 valence electrons. The molecule has 1 saturated heterocycles. The molecule has 2 aliphatic rings. The van der Waals surface area contributed by atoms with Crippen molar-refractivity contribution in [3.05, 3.63) is 28.8 Å². The molecule has 5 nitrogen and oxygen atoms in total. The van der Waals surface area contributed by atoms with Crippen LogP contribution in [0.4, 0.5) is 5.69 Å². The van der Waals surface area contributed by atoms with Gasteiger partial charge in [0.2, 0.25) is 11.8 Å². The van der Waals surface area contributed by atoms with E-state index in [0.717, 1.165) is 17.7 Å². The monoisotopic (exact) mass is 307 g/mol. The van der Waals surface area contributed by atoms with E-state index in [4.69, 9.17) is 16.7 Å². The molecule has 1 aliphatic heterocycles. The van der Waals surface area contributed by atoms with Crippen molar-refractivity contribution in [2.75, 3.05) is 4.90 Å². The standard InChI is InChI=1S/C15H14ClNO4/c16-10-4-3-9(13(19)20)7-11(10)17-12(18)8-15(14(17)21)5-1-2-6-15/h3-4,7H,1-2,5-6,8H2,(H,19,20). The molecule has 1 aromatic rings. The topological polar surface area (TPSA) is 74.7 Å². The molecule has 3 rings (SSSR count). The number of hydrogen-bond donors (Lipinski definition) is 1. The molecular weight excluding hydrogens is 294 g/mol. The molecule has 1 aliphatic carbocycles. The number of aromatic carboxylic acids is 1. The number of anilines is 1. The molecule has 0 aromatic heterocycles. The summed E-state index contributed by atoms with van der Waals surface area (Å²) in [6.45, 7) is 0. The highest BCUT2D eigenvalue weighted by atomic mass is 35.5. The van der Waals surface area contributed by atoms with Crippen LogP contribution in [0.2, 0.25) is 5.02 Å². The average molecular weight is 308 g/mol. The Labute approximate surface area is 126 Å². The Balaban J connectivity index is 2.04. The molecule has 2 amide bonds. The molecule has 0 atom stereocenters. The summed E-state index contributed by atoms with van der Waals surface area (Å²) in [6, 6.07) is 4.04. The highest BCUT2D eigenvalue weighted by molar-refractivity contribution is 6.36. The van der Waals surface area contributed by atoms with Gasteiger partial charge in [0.05, 0.1) is 21.7 Å². The van der Waals surface area contributed by atoms with E-state index in [2.05, 4.69) is 0 Å². The summed E-state index contributed by atoms with van der Waals surface area (Å²) in [7, 11) is 0. The SMILES string of the molecule is O=C(O)c1ccc(Cl)c(N2C(=O)CC3(CCCC3)C2=O)c1. The minimum atomic E-state index is -1.12. The van der Waals surface area contributed by atoms with Crippen LogP contribution in [-0.4, -0.2) is 22.9 Å². The lowest BCUT2D eigenvalue weighted by Gasteiger charge is -2.21. The second kappa shape index (κ2) is 4.84. The molecule has 1 N–H and O–H groups in total. The second-order valence-electron chi connectivity index (χ2n) is 5.67. The Morgan fingerprint density at radius 2 is 1.90 bits per heavy atom. The van der Waals surface area contributed by atoms with Gasteiger partial charge in [0.1, 0.15) is 0 Å². The van der Waals surface area contributed by atoms with Crippen molar-refractivity contribution < 1.29 is 19.5 Å². The number of imide groups is 1. The lowest BCUT2D eigenvalue weighted by Crippen LogP contribution is -2.34. The summed E-state index contributed by atoms with van der Waals surface area (Å²) in [6.07, 6.45) is 3.50. The quantitative estimate of drug-likeness (QED) is 0.853. The molecule has 0 radical (unpaired) electrons. The first-order chi connectivity index (χ1) is 9.94. The fourth-order valence-electron chi connectivity index (χ4n) is 3.30. The van der Waals surface area contributed by atoms with E-state index in [1.807, 2.05) is 0 Å². The summed E-state index contributed by atoms with van der Waals surface area (Å²) < 4.78 is 0. The first-order valence-corrected chi connectivity index (χ1v) is 7.23. The van der Waals surface area contributed by atoms with Crippen molar-refractivity contribution in [1.29, 1.82) is 0 Å². The van der Waals surface area contributed by atoms with Gasteiger partial charge in [-0.2, -0.15) is 0 Å². The van der Waals surface area contributed by atoms with Gasteiger partial charge in [0, 0.05) is 6.42 Å². The molecular formula is C15H14ClNO4. The summed E-state index contributed by atoms with van der Waals surface area (Å²) in [5.41, 5.74) is -0.419. The fraction of sp³-hybridized carbons (Fsp3) is 0.400. The maximum atomic E-state index is 12.7. The minimum absolute atomic E-state index is 0.00220. The number of amides is 2. The zero-order valence-electron chi connectivity index (χ0n) is 11.3. The lowest BCUT2D eigenvalue weighted by molar-refractivity contribution is -0.125. The molecule has 0 unspecified atom stereocenters. The van der Waals surface area contributed by atoms with Gasteiger partial charge in [-0.15, -0.1) is 0 Å². The number of hydrogen-bond acceptors (Lipinski definition) is 3. The smallest absolute Gasteiger partial charge is 0.335 e. The fourth-order valence-corrected chi connectivity index (χ4v) is 3.50.